The third kappa shape index (κ3) is 4.93. The van der Waals surface area contributed by atoms with Crippen LogP contribution in [0.3, 0.4) is 0 Å². The predicted octanol–water partition coefficient (Wildman–Crippen LogP) is 1.97. The van der Waals surface area contributed by atoms with Gasteiger partial charge in [0.15, 0.2) is 0 Å². The summed E-state index contributed by atoms with van der Waals surface area (Å²) in [5, 5.41) is 20.1. The highest BCUT2D eigenvalue weighted by molar-refractivity contribution is 5.82. The van der Waals surface area contributed by atoms with Crippen LogP contribution in [0.4, 0.5) is 0 Å². The number of aromatic amines is 1. The molecule has 6 nitrogen and oxygen atoms in total. The number of nitrogens with zero attached hydrogens (tertiary/aromatic N) is 2. The Kier molecular flexibility index (Phi) is 6.41. The largest absolute Gasteiger partial charge is 0.392 e. The van der Waals surface area contributed by atoms with E-state index < -0.39 is 6.10 Å². The first-order valence-corrected chi connectivity index (χ1v) is 9.39. The van der Waals surface area contributed by atoms with Crippen molar-refractivity contribution in [1.29, 1.82) is 0 Å². The third-order valence-corrected chi connectivity index (χ3v) is 4.92. The first-order chi connectivity index (χ1) is 12.6. The molecule has 1 aliphatic heterocycles. The highest BCUT2D eigenvalue weighted by atomic mass is 16.3. The molecule has 26 heavy (non-hydrogen) atoms. The van der Waals surface area contributed by atoms with Crippen molar-refractivity contribution in [2.75, 3.05) is 20.1 Å². The second-order valence-corrected chi connectivity index (χ2v) is 7.07. The SMILES string of the molecule is CN(CCCCCc1cc(-c2ccccc2)n[nH]1)C(=O)C1CC(O)CN1. The average molecular weight is 356 g/mol. The lowest BCUT2D eigenvalue weighted by atomic mass is 10.1. The predicted molar refractivity (Wildman–Crippen MR) is 102 cm³/mol. The molecule has 1 amide bonds. The molecule has 140 valence electrons. The van der Waals surface area contributed by atoms with E-state index in [9.17, 15) is 9.90 Å². The highest BCUT2D eigenvalue weighted by Crippen LogP contribution is 2.18. The van der Waals surface area contributed by atoms with E-state index >= 15 is 0 Å². The molecule has 1 aromatic heterocycles. The fraction of sp³-hybridized carbons (Fsp3) is 0.500. The molecule has 1 aliphatic rings. The zero-order valence-electron chi connectivity index (χ0n) is 15.3. The van der Waals surface area contributed by atoms with Crippen molar-refractivity contribution in [3.63, 3.8) is 0 Å². The zero-order valence-corrected chi connectivity index (χ0v) is 15.3. The summed E-state index contributed by atoms with van der Waals surface area (Å²) in [5.41, 5.74) is 3.26. The number of amides is 1. The van der Waals surface area contributed by atoms with Gasteiger partial charge in [-0.05, 0) is 31.7 Å². The van der Waals surface area contributed by atoms with E-state index in [1.807, 2.05) is 25.2 Å². The first-order valence-electron chi connectivity index (χ1n) is 9.39. The minimum Gasteiger partial charge on any atom is -0.392 e. The standard InChI is InChI=1S/C20H28N4O2/c1-24(20(26)19-13-17(25)14-21-19)11-7-3-6-10-16-12-18(23-22-16)15-8-4-2-5-9-15/h2,4-5,8-9,12,17,19,21,25H,3,6-7,10-11,13-14H2,1H3,(H,22,23). The van der Waals surface area contributed by atoms with Crippen LogP contribution in [-0.2, 0) is 11.2 Å². The maximum Gasteiger partial charge on any atom is 0.239 e. The van der Waals surface area contributed by atoms with Gasteiger partial charge in [0.1, 0.15) is 0 Å². The van der Waals surface area contributed by atoms with E-state index in [2.05, 4.69) is 33.7 Å². The maximum absolute atomic E-state index is 12.3. The molecule has 0 spiro atoms. The van der Waals surface area contributed by atoms with Gasteiger partial charge in [0, 0.05) is 31.4 Å². The highest BCUT2D eigenvalue weighted by Gasteiger charge is 2.29. The normalized spacial score (nSPS) is 19.6. The maximum atomic E-state index is 12.3. The lowest BCUT2D eigenvalue weighted by molar-refractivity contribution is -0.132. The van der Waals surface area contributed by atoms with Crippen LogP contribution in [0.2, 0.25) is 0 Å². The van der Waals surface area contributed by atoms with Gasteiger partial charge in [-0.15, -0.1) is 0 Å². The Labute approximate surface area is 154 Å². The van der Waals surface area contributed by atoms with Gasteiger partial charge in [0.2, 0.25) is 5.91 Å². The van der Waals surface area contributed by atoms with Crippen molar-refractivity contribution in [3.05, 3.63) is 42.1 Å². The molecule has 1 fully saturated rings. The molecule has 0 bridgehead atoms. The Morgan fingerprint density at radius 3 is 2.81 bits per heavy atom. The summed E-state index contributed by atoms with van der Waals surface area (Å²) in [6, 6.07) is 12.0. The Bertz CT molecular complexity index is 701. The second-order valence-electron chi connectivity index (χ2n) is 7.07. The number of aliphatic hydroxyl groups is 1. The number of aliphatic hydroxyl groups excluding tert-OH is 1. The molecule has 6 heteroatoms. The number of unbranched alkanes of at least 4 members (excludes halogenated alkanes) is 2. The zero-order chi connectivity index (χ0) is 18.4. The fourth-order valence-corrected chi connectivity index (χ4v) is 3.37. The summed E-state index contributed by atoms with van der Waals surface area (Å²) in [6.45, 7) is 1.27. The number of carbonyl (C=O) groups excluding carboxylic acids is 1. The number of hydrogen-bond donors (Lipinski definition) is 3. The first kappa shape index (κ1) is 18.6. The Hall–Kier alpha value is -2.18. The van der Waals surface area contributed by atoms with E-state index in [-0.39, 0.29) is 11.9 Å². The Morgan fingerprint density at radius 2 is 2.08 bits per heavy atom. The monoisotopic (exact) mass is 356 g/mol. The van der Waals surface area contributed by atoms with Crippen LogP contribution in [0, 0.1) is 0 Å². The van der Waals surface area contributed by atoms with Crippen molar-refractivity contribution in [1.82, 2.24) is 20.4 Å². The molecule has 2 atom stereocenters. The van der Waals surface area contributed by atoms with Crippen LogP contribution in [0.15, 0.2) is 36.4 Å². The molecule has 1 aromatic carbocycles. The average Bonchev–Trinajstić information content (AvgIpc) is 3.30. The van der Waals surface area contributed by atoms with Gasteiger partial charge in [-0.25, -0.2) is 0 Å². The van der Waals surface area contributed by atoms with Crippen molar-refractivity contribution in [2.24, 2.45) is 0 Å². The quantitative estimate of drug-likeness (QED) is 0.632. The molecule has 2 aromatic rings. The number of H-pyrrole nitrogens is 1. The number of carbonyl (C=O) groups is 1. The van der Waals surface area contributed by atoms with E-state index in [0.717, 1.165) is 49.2 Å². The summed E-state index contributed by atoms with van der Waals surface area (Å²) < 4.78 is 0. The number of rotatable bonds is 8. The number of aromatic nitrogens is 2. The van der Waals surface area contributed by atoms with Gasteiger partial charge >= 0.3 is 0 Å². The molecule has 2 heterocycles. The van der Waals surface area contributed by atoms with Crippen LogP contribution in [-0.4, -0.2) is 58.4 Å². The van der Waals surface area contributed by atoms with E-state index in [1.54, 1.807) is 4.90 Å². The molecule has 0 saturated carbocycles. The molecular weight excluding hydrogens is 328 g/mol. The van der Waals surface area contributed by atoms with E-state index in [1.165, 1.54) is 0 Å². The van der Waals surface area contributed by atoms with Gasteiger partial charge in [0.25, 0.3) is 0 Å². The van der Waals surface area contributed by atoms with Crippen molar-refractivity contribution >= 4 is 5.91 Å². The summed E-state index contributed by atoms with van der Waals surface area (Å²) in [4.78, 5) is 14.0. The van der Waals surface area contributed by atoms with Crippen LogP contribution >= 0.6 is 0 Å². The van der Waals surface area contributed by atoms with Crippen molar-refractivity contribution in [3.8, 4) is 11.3 Å². The number of aryl methyl sites for hydroxylation is 1. The molecule has 1 saturated heterocycles. The number of nitrogens with one attached hydrogen (secondary N) is 2. The lowest BCUT2D eigenvalue weighted by Gasteiger charge is -2.21. The third-order valence-electron chi connectivity index (χ3n) is 4.92. The molecule has 3 rings (SSSR count). The van der Waals surface area contributed by atoms with Gasteiger partial charge in [-0.1, -0.05) is 36.8 Å². The van der Waals surface area contributed by atoms with E-state index in [4.69, 9.17) is 0 Å². The topological polar surface area (TPSA) is 81.2 Å². The van der Waals surface area contributed by atoms with Gasteiger partial charge in [-0.3, -0.25) is 9.89 Å². The molecule has 2 unspecified atom stereocenters. The van der Waals surface area contributed by atoms with Crippen molar-refractivity contribution in [2.45, 2.75) is 44.2 Å². The van der Waals surface area contributed by atoms with Gasteiger partial charge in [0.05, 0.1) is 17.8 Å². The van der Waals surface area contributed by atoms with Crippen LogP contribution in [0.5, 0.6) is 0 Å². The molecule has 0 aliphatic carbocycles. The molecule has 0 radical (unpaired) electrons. The minimum absolute atomic E-state index is 0.0858. The Morgan fingerprint density at radius 1 is 1.27 bits per heavy atom. The lowest BCUT2D eigenvalue weighted by Crippen LogP contribution is -2.41. The minimum atomic E-state index is -0.396. The summed E-state index contributed by atoms with van der Waals surface area (Å²) in [6.07, 6.45) is 4.21. The number of β-amino-alcohol motifs (C(OH)–C–C–N with tert-alkyl or cyclic N) is 1. The summed E-state index contributed by atoms with van der Waals surface area (Å²) in [5.74, 6) is 0.0858. The van der Waals surface area contributed by atoms with Crippen LogP contribution in [0.1, 0.15) is 31.4 Å². The molecular formula is C20H28N4O2. The second kappa shape index (κ2) is 8.96. The van der Waals surface area contributed by atoms with Crippen LogP contribution in [0.25, 0.3) is 11.3 Å². The van der Waals surface area contributed by atoms with E-state index in [0.29, 0.717) is 13.0 Å². The van der Waals surface area contributed by atoms with Gasteiger partial charge in [-0.2, -0.15) is 5.10 Å². The molecule has 3 N–H and O–H groups in total. The fourth-order valence-electron chi connectivity index (χ4n) is 3.37. The summed E-state index contributed by atoms with van der Waals surface area (Å²) >= 11 is 0. The number of likely N-dealkylation sites (N-methyl/N-ethyl adjacent to an activating group) is 1. The smallest absolute Gasteiger partial charge is 0.239 e. The Balaban J connectivity index is 1.34. The summed E-state index contributed by atoms with van der Waals surface area (Å²) in [7, 11) is 1.84. The van der Waals surface area contributed by atoms with Crippen LogP contribution < -0.4 is 5.32 Å². The number of benzene rings is 1. The number of hydrogen-bond acceptors (Lipinski definition) is 4. The van der Waals surface area contributed by atoms with Crippen molar-refractivity contribution < 1.29 is 9.90 Å². The van der Waals surface area contributed by atoms with Gasteiger partial charge < -0.3 is 15.3 Å².